The molecule has 2 aromatic carbocycles. The number of fused-ring (bicyclic) bond motifs is 1. The topological polar surface area (TPSA) is 50.7 Å². The highest BCUT2D eigenvalue weighted by molar-refractivity contribution is 5.49. The molecule has 4 heteroatoms. The van der Waals surface area contributed by atoms with Crippen LogP contribution in [-0.2, 0) is 6.42 Å². The summed E-state index contributed by atoms with van der Waals surface area (Å²) in [6.07, 6.45) is 0.438. The van der Waals surface area contributed by atoms with E-state index in [0.717, 1.165) is 22.6 Å². The molecule has 0 unspecified atom stereocenters. The molecule has 20 heavy (non-hydrogen) atoms. The van der Waals surface area contributed by atoms with Gasteiger partial charge in [-0.05, 0) is 23.6 Å². The van der Waals surface area contributed by atoms with E-state index in [1.165, 1.54) is 0 Å². The number of hydrogen-bond donors (Lipinski definition) is 2. The highest BCUT2D eigenvalue weighted by Crippen LogP contribution is 2.40. The van der Waals surface area contributed by atoms with Crippen LogP contribution in [0, 0.1) is 0 Å². The number of ether oxygens (including phenoxy) is 2. The first-order valence-corrected chi connectivity index (χ1v) is 6.60. The van der Waals surface area contributed by atoms with Crippen molar-refractivity contribution < 1.29 is 14.7 Å². The molecule has 2 N–H and O–H groups in total. The van der Waals surface area contributed by atoms with Crippen molar-refractivity contribution in [3.05, 3.63) is 59.7 Å². The number of hydrogen-bond acceptors (Lipinski definition) is 4. The Hall–Kier alpha value is -2.04. The van der Waals surface area contributed by atoms with Gasteiger partial charge in [-0.1, -0.05) is 42.5 Å². The van der Waals surface area contributed by atoms with Gasteiger partial charge in [0.15, 0.2) is 11.5 Å². The molecule has 104 valence electrons. The maximum absolute atomic E-state index is 9.41. The molecule has 0 bridgehead atoms. The molecule has 0 spiro atoms. The first-order valence-electron chi connectivity index (χ1n) is 6.60. The molecule has 1 aliphatic heterocycles. The molecule has 2 atom stereocenters. The summed E-state index contributed by atoms with van der Waals surface area (Å²) in [5.41, 5.74) is 4.42. The molecule has 0 amide bonds. The van der Waals surface area contributed by atoms with Crippen molar-refractivity contribution in [2.75, 3.05) is 7.11 Å². The number of methoxy groups -OCH3 is 1. The van der Waals surface area contributed by atoms with Crippen molar-refractivity contribution in [3.63, 3.8) is 0 Å². The Morgan fingerprint density at radius 1 is 1.15 bits per heavy atom. The van der Waals surface area contributed by atoms with Crippen LogP contribution >= 0.6 is 0 Å². The Morgan fingerprint density at radius 2 is 1.95 bits per heavy atom. The molecule has 0 aliphatic carbocycles. The average molecular weight is 271 g/mol. The molecule has 0 saturated carbocycles. The average Bonchev–Trinajstić information content (AvgIpc) is 2.53. The predicted molar refractivity (Wildman–Crippen MR) is 75.2 cm³/mol. The summed E-state index contributed by atoms with van der Waals surface area (Å²) in [7, 11) is 1.63. The van der Waals surface area contributed by atoms with Gasteiger partial charge in [-0.2, -0.15) is 5.48 Å². The zero-order valence-electron chi connectivity index (χ0n) is 11.2. The van der Waals surface area contributed by atoms with Crippen LogP contribution in [0.25, 0.3) is 0 Å². The summed E-state index contributed by atoms with van der Waals surface area (Å²) in [5.74, 6) is 1.48. The van der Waals surface area contributed by atoms with Gasteiger partial charge in [-0.25, -0.2) is 0 Å². The monoisotopic (exact) mass is 271 g/mol. The lowest BCUT2D eigenvalue weighted by Crippen LogP contribution is -2.40. The number of hydroxylamine groups is 1. The molecule has 3 rings (SSSR count). The van der Waals surface area contributed by atoms with E-state index in [1.807, 2.05) is 48.5 Å². The second-order valence-corrected chi connectivity index (χ2v) is 4.84. The number of rotatable bonds is 3. The first kappa shape index (κ1) is 13.0. The van der Waals surface area contributed by atoms with Gasteiger partial charge in [0.05, 0.1) is 13.2 Å². The molecule has 0 radical (unpaired) electrons. The fraction of sp³-hybridized carbons (Fsp3) is 0.250. The van der Waals surface area contributed by atoms with Crippen molar-refractivity contribution in [2.24, 2.45) is 0 Å². The third-order valence-corrected chi connectivity index (χ3v) is 3.62. The number of benzene rings is 2. The Bertz CT molecular complexity index is 586. The summed E-state index contributed by atoms with van der Waals surface area (Å²) in [4.78, 5) is 0. The second kappa shape index (κ2) is 5.53. The number of para-hydroxylation sites is 1. The molecule has 4 nitrogen and oxygen atoms in total. The highest BCUT2D eigenvalue weighted by atomic mass is 16.5. The molecule has 2 aromatic rings. The Labute approximate surface area is 117 Å². The van der Waals surface area contributed by atoms with Crippen LogP contribution in [0.5, 0.6) is 11.5 Å². The highest BCUT2D eigenvalue weighted by Gasteiger charge is 2.32. The Kier molecular flexibility index (Phi) is 3.58. The van der Waals surface area contributed by atoms with E-state index in [0.29, 0.717) is 6.42 Å². The lowest BCUT2D eigenvalue weighted by molar-refractivity contribution is 0.0389. The zero-order chi connectivity index (χ0) is 13.9. The summed E-state index contributed by atoms with van der Waals surface area (Å²) >= 11 is 0. The summed E-state index contributed by atoms with van der Waals surface area (Å²) < 4.78 is 11.5. The third-order valence-electron chi connectivity index (χ3n) is 3.62. The standard InChI is InChI=1S/C16H17NO3/c1-19-14-9-5-8-12-10-13(17-18)15(20-16(12)14)11-6-3-2-4-7-11/h2-9,13,15,17-18H,10H2,1H3/t13-,15-/m0/s1. The fourth-order valence-electron chi connectivity index (χ4n) is 2.63. The molecule has 0 fully saturated rings. The van der Waals surface area contributed by atoms with Crippen LogP contribution in [0.1, 0.15) is 17.2 Å². The molecular formula is C16H17NO3. The lowest BCUT2D eigenvalue weighted by atomic mass is 9.93. The van der Waals surface area contributed by atoms with Crippen LogP contribution in [0.3, 0.4) is 0 Å². The van der Waals surface area contributed by atoms with Crippen LogP contribution in [0.2, 0.25) is 0 Å². The van der Waals surface area contributed by atoms with E-state index in [1.54, 1.807) is 7.11 Å². The van der Waals surface area contributed by atoms with Gasteiger partial charge in [-0.15, -0.1) is 0 Å². The van der Waals surface area contributed by atoms with E-state index in [2.05, 4.69) is 5.48 Å². The van der Waals surface area contributed by atoms with Gasteiger partial charge >= 0.3 is 0 Å². The van der Waals surface area contributed by atoms with Crippen LogP contribution in [-0.4, -0.2) is 18.4 Å². The maximum atomic E-state index is 9.41. The molecule has 0 saturated heterocycles. The second-order valence-electron chi connectivity index (χ2n) is 4.84. The molecule has 1 heterocycles. The molecular weight excluding hydrogens is 254 g/mol. The van der Waals surface area contributed by atoms with Crippen LogP contribution in [0.4, 0.5) is 0 Å². The normalized spacial score (nSPS) is 20.9. The van der Waals surface area contributed by atoms with Gasteiger partial charge in [0.1, 0.15) is 6.10 Å². The maximum Gasteiger partial charge on any atom is 0.165 e. The smallest absolute Gasteiger partial charge is 0.165 e. The van der Waals surface area contributed by atoms with Crippen LogP contribution in [0.15, 0.2) is 48.5 Å². The number of nitrogens with one attached hydrogen (secondary N) is 1. The van der Waals surface area contributed by atoms with Gasteiger partial charge in [-0.3, -0.25) is 0 Å². The SMILES string of the molecule is COc1cccc2c1O[C@@H](c1ccccc1)[C@@H](NO)C2. The fourth-order valence-corrected chi connectivity index (χ4v) is 2.63. The molecule has 1 aliphatic rings. The third kappa shape index (κ3) is 2.24. The van der Waals surface area contributed by atoms with Crippen molar-refractivity contribution in [1.29, 1.82) is 0 Å². The Morgan fingerprint density at radius 3 is 2.65 bits per heavy atom. The Balaban J connectivity index is 2.00. The summed E-state index contributed by atoms with van der Waals surface area (Å²) in [6, 6.07) is 15.5. The van der Waals surface area contributed by atoms with Crippen molar-refractivity contribution in [1.82, 2.24) is 5.48 Å². The quantitative estimate of drug-likeness (QED) is 0.843. The minimum atomic E-state index is -0.245. The largest absolute Gasteiger partial charge is 0.493 e. The van der Waals surface area contributed by atoms with E-state index < -0.39 is 0 Å². The minimum absolute atomic E-state index is 0.183. The minimum Gasteiger partial charge on any atom is -0.493 e. The van der Waals surface area contributed by atoms with Gasteiger partial charge in [0, 0.05) is 0 Å². The van der Waals surface area contributed by atoms with Crippen molar-refractivity contribution >= 4 is 0 Å². The van der Waals surface area contributed by atoms with Crippen molar-refractivity contribution in [2.45, 2.75) is 18.6 Å². The van der Waals surface area contributed by atoms with Gasteiger partial charge in [0.25, 0.3) is 0 Å². The van der Waals surface area contributed by atoms with E-state index >= 15 is 0 Å². The van der Waals surface area contributed by atoms with E-state index in [4.69, 9.17) is 9.47 Å². The van der Waals surface area contributed by atoms with Gasteiger partial charge in [0.2, 0.25) is 0 Å². The van der Waals surface area contributed by atoms with E-state index in [-0.39, 0.29) is 12.1 Å². The summed E-state index contributed by atoms with van der Waals surface area (Å²) in [5, 5.41) is 9.41. The van der Waals surface area contributed by atoms with Crippen LogP contribution < -0.4 is 15.0 Å². The molecule has 0 aromatic heterocycles. The lowest BCUT2D eigenvalue weighted by Gasteiger charge is -2.33. The van der Waals surface area contributed by atoms with E-state index in [9.17, 15) is 5.21 Å². The zero-order valence-corrected chi connectivity index (χ0v) is 11.2. The first-order chi connectivity index (χ1) is 9.83. The van der Waals surface area contributed by atoms with Gasteiger partial charge < -0.3 is 14.7 Å². The van der Waals surface area contributed by atoms with Crippen molar-refractivity contribution in [3.8, 4) is 11.5 Å². The predicted octanol–water partition coefficient (Wildman–Crippen LogP) is 2.72. The summed E-state index contributed by atoms with van der Waals surface area (Å²) in [6.45, 7) is 0.